The fraction of sp³-hybridized carbons (Fsp3) is 0.800. The quantitative estimate of drug-likeness (QED) is 0.544. The predicted molar refractivity (Wildman–Crippen MR) is 78.2 cm³/mol. The number of carbonyl (C=O) groups excluding carboxylic acids is 1. The van der Waals surface area contributed by atoms with Crippen LogP contribution in [0, 0.1) is 0 Å². The summed E-state index contributed by atoms with van der Waals surface area (Å²) < 4.78 is 4.77. The summed E-state index contributed by atoms with van der Waals surface area (Å²) in [5.41, 5.74) is 0.784. The smallest absolute Gasteiger partial charge is 0.333 e. The van der Waals surface area contributed by atoms with Crippen LogP contribution in [-0.4, -0.2) is 61.6 Å². The highest BCUT2D eigenvalue weighted by Gasteiger charge is 2.19. The molecule has 1 aliphatic heterocycles. The molecule has 110 valence electrons. The Morgan fingerprint density at radius 1 is 1.26 bits per heavy atom. The average molecular weight is 268 g/mol. The molecule has 0 aromatic heterocycles. The monoisotopic (exact) mass is 268 g/mol. The van der Waals surface area contributed by atoms with Crippen molar-refractivity contribution in [3.8, 4) is 0 Å². The predicted octanol–water partition coefficient (Wildman–Crippen LogP) is 1.91. The van der Waals surface area contributed by atoms with Crippen molar-refractivity contribution in [3.63, 3.8) is 0 Å². The normalized spacial score (nSPS) is 20.3. The van der Waals surface area contributed by atoms with Crippen molar-refractivity contribution < 1.29 is 9.53 Å². The fourth-order valence-corrected chi connectivity index (χ4v) is 2.39. The molecule has 0 N–H and O–H groups in total. The van der Waals surface area contributed by atoms with E-state index in [1.807, 2.05) is 13.0 Å². The maximum atomic E-state index is 11.5. The van der Waals surface area contributed by atoms with Crippen LogP contribution >= 0.6 is 0 Å². The molecule has 0 spiro atoms. The van der Waals surface area contributed by atoms with Gasteiger partial charge in [0.05, 0.1) is 7.11 Å². The first-order valence-corrected chi connectivity index (χ1v) is 7.36. The zero-order valence-corrected chi connectivity index (χ0v) is 12.8. The molecule has 1 unspecified atom stereocenters. The van der Waals surface area contributed by atoms with E-state index in [-0.39, 0.29) is 5.97 Å². The molecule has 0 bridgehead atoms. The Hall–Kier alpha value is -0.870. The number of ether oxygens (including phenoxy) is 1. The molecule has 19 heavy (non-hydrogen) atoms. The van der Waals surface area contributed by atoms with Crippen LogP contribution in [0.1, 0.15) is 33.6 Å². The number of carbonyl (C=O) groups is 1. The molecular formula is C15H28N2O2. The summed E-state index contributed by atoms with van der Waals surface area (Å²) in [5.74, 6) is -0.194. The van der Waals surface area contributed by atoms with Gasteiger partial charge in [-0.2, -0.15) is 0 Å². The topological polar surface area (TPSA) is 32.8 Å². The van der Waals surface area contributed by atoms with Gasteiger partial charge in [0.2, 0.25) is 0 Å². The number of nitrogens with zero attached hydrogens (tertiary/aromatic N) is 2. The second kappa shape index (κ2) is 8.33. The number of hydrogen-bond acceptors (Lipinski definition) is 4. The van der Waals surface area contributed by atoms with Crippen molar-refractivity contribution in [1.29, 1.82) is 0 Å². The number of piperazine rings is 1. The van der Waals surface area contributed by atoms with Crippen LogP contribution in [0.4, 0.5) is 0 Å². The molecule has 1 fully saturated rings. The zero-order chi connectivity index (χ0) is 14.3. The van der Waals surface area contributed by atoms with Crippen LogP contribution < -0.4 is 0 Å². The summed E-state index contributed by atoms with van der Waals surface area (Å²) in [6, 6.07) is 0.680. The van der Waals surface area contributed by atoms with E-state index in [0.717, 1.165) is 44.7 Å². The third kappa shape index (κ3) is 4.96. The van der Waals surface area contributed by atoms with Gasteiger partial charge in [0, 0.05) is 44.3 Å². The first kappa shape index (κ1) is 16.2. The van der Waals surface area contributed by atoms with Crippen LogP contribution in [0.15, 0.2) is 11.6 Å². The third-order valence-electron chi connectivity index (χ3n) is 4.05. The molecule has 1 saturated heterocycles. The Labute approximate surface area is 117 Å². The van der Waals surface area contributed by atoms with Gasteiger partial charge in [-0.1, -0.05) is 19.9 Å². The van der Waals surface area contributed by atoms with Gasteiger partial charge >= 0.3 is 5.97 Å². The summed E-state index contributed by atoms with van der Waals surface area (Å²) in [5, 5.41) is 0. The molecule has 4 heteroatoms. The fourth-order valence-electron chi connectivity index (χ4n) is 2.39. The highest BCUT2D eigenvalue weighted by molar-refractivity contribution is 5.88. The van der Waals surface area contributed by atoms with Crippen LogP contribution in [0.2, 0.25) is 0 Å². The van der Waals surface area contributed by atoms with Crippen molar-refractivity contribution in [3.05, 3.63) is 11.6 Å². The standard InChI is InChI=1S/C15H28N2O2/c1-5-13(3)17-11-9-16(10-12-17)8-7-14(6-2)15(18)19-4/h7,13H,5-6,8-12H2,1-4H3. The first-order chi connectivity index (χ1) is 9.12. The van der Waals surface area contributed by atoms with E-state index in [4.69, 9.17) is 4.74 Å². The van der Waals surface area contributed by atoms with E-state index < -0.39 is 0 Å². The summed E-state index contributed by atoms with van der Waals surface area (Å²) in [7, 11) is 1.44. The largest absolute Gasteiger partial charge is 0.466 e. The van der Waals surface area contributed by atoms with Gasteiger partial charge in [0.1, 0.15) is 0 Å². The van der Waals surface area contributed by atoms with Gasteiger partial charge in [0.25, 0.3) is 0 Å². The van der Waals surface area contributed by atoms with E-state index >= 15 is 0 Å². The van der Waals surface area contributed by atoms with Crippen LogP contribution in [0.25, 0.3) is 0 Å². The first-order valence-electron chi connectivity index (χ1n) is 7.36. The van der Waals surface area contributed by atoms with Crippen molar-refractivity contribution in [2.24, 2.45) is 0 Å². The number of hydrogen-bond donors (Lipinski definition) is 0. The van der Waals surface area contributed by atoms with Gasteiger partial charge < -0.3 is 4.74 Å². The molecule has 0 saturated carbocycles. The lowest BCUT2D eigenvalue weighted by molar-refractivity contribution is -0.136. The molecule has 0 aromatic carbocycles. The van der Waals surface area contributed by atoms with Crippen LogP contribution in [-0.2, 0) is 9.53 Å². The Morgan fingerprint density at radius 2 is 1.89 bits per heavy atom. The van der Waals surface area contributed by atoms with Crippen molar-refractivity contribution in [1.82, 2.24) is 9.80 Å². The minimum atomic E-state index is -0.194. The van der Waals surface area contributed by atoms with E-state index in [9.17, 15) is 4.79 Å². The highest BCUT2D eigenvalue weighted by atomic mass is 16.5. The Morgan fingerprint density at radius 3 is 2.37 bits per heavy atom. The molecule has 1 heterocycles. The molecular weight excluding hydrogens is 240 g/mol. The maximum Gasteiger partial charge on any atom is 0.333 e. The maximum absolute atomic E-state index is 11.5. The summed E-state index contributed by atoms with van der Waals surface area (Å²) >= 11 is 0. The van der Waals surface area contributed by atoms with E-state index in [0.29, 0.717) is 6.04 Å². The molecule has 0 aliphatic carbocycles. The van der Waals surface area contributed by atoms with Crippen LogP contribution in [0.5, 0.6) is 0 Å². The molecule has 0 radical (unpaired) electrons. The lowest BCUT2D eigenvalue weighted by atomic mass is 10.1. The molecule has 1 aliphatic rings. The average Bonchev–Trinajstić information content (AvgIpc) is 2.47. The second-order valence-corrected chi connectivity index (χ2v) is 5.17. The molecule has 0 amide bonds. The molecule has 1 rings (SSSR count). The van der Waals surface area contributed by atoms with Crippen molar-refractivity contribution >= 4 is 5.97 Å². The zero-order valence-electron chi connectivity index (χ0n) is 12.8. The van der Waals surface area contributed by atoms with Crippen LogP contribution in [0.3, 0.4) is 0 Å². The lowest BCUT2D eigenvalue weighted by Gasteiger charge is -2.37. The Bertz CT molecular complexity index is 307. The minimum Gasteiger partial charge on any atom is -0.466 e. The van der Waals surface area contributed by atoms with Crippen molar-refractivity contribution in [2.75, 3.05) is 39.8 Å². The van der Waals surface area contributed by atoms with Gasteiger partial charge in [0.15, 0.2) is 0 Å². The summed E-state index contributed by atoms with van der Waals surface area (Å²) in [6.07, 6.45) is 3.96. The van der Waals surface area contributed by atoms with Gasteiger partial charge in [-0.3, -0.25) is 9.80 Å². The van der Waals surface area contributed by atoms with E-state index in [1.54, 1.807) is 0 Å². The Kier molecular flexibility index (Phi) is 7.10. The number of esters is 1. The number of rotatable bonds is 6. The lowest BCUT2D eigenvalue weighted by Crippen LogP contribution is -2.49. The summed E-state index contributed by atoms with van der Waals surface area (Å²) in [6.45, 7) is 11.8. The van der Waals surface area contributed by atoms with E-state index in [1.165, 1.54) is 13.5 Å². The molecule has 4 nitrogen and oxygen atoms in total. The second-order valence-electron chi connectivity index (χ2n) is 5.17. The van der Waals surface area contributed by atoms with Gasteiger partial charge in [-0.15, -0.1) is 0 Å². The van der Waals surface area contributed by atoms with E-state index in [2.05, 4.69) is 23.6 Å². The Balaban J connectivity index is 2.40. The highest BCUT2D eigenvalue weighted by Crippen LogP contribution is 2.10. The van der Waals surface area contributed by atoms with Crippen molar-refractivity contribution in [2.45, 2.75) is 39.7 Å². The minimum absolute atomic E-state index is 0.194. The van der Waals surface area contributed by atoms with Gasteiger partial charge in [-0.25, -0.2) is 4.79 Å². The number of methoxy groups -OCH3 is 1. The third-order valence-corrected chi connectivity index (χ3v) is 4.05. The molecule has 1 atom stereocenters. The SMILES string of the molecule is CCC(=CCN1CCN(C(C)CC)CC1)C(=O)OC. The molecule has 0 aromatic rings. The summed E-state index contributed by atoms with van der Waals surface area (Å²) in [4.78, 5) is 16.4. The van der Waals surface area contributed by atoms with Gasteiger partial charge in [-0.05, 0) is 19.8 Å².